The first-order valence-corrected chi connectivity index (χ1v) is 9.89. The quantitative estimate of drug-likeness (QED) is 0.651. The van der Waals surface area contributed by atoms with Crippen LogP contribution < -0.4 is 20.9 Å². The van der Waals surface area contributed by atoms with E-state index in [1.807, 2.05) is 0 Å². The van der Waals surface area contributed by atoms with E-state index in [0.717, 1.165) is 12.8 Å². The SMILES string of the molecule is Cn1c(=O)c2c(c3cc(Nc4ncncc4Cl)ccc31)N[C@@H](C1CC1)C(F)(F)CO2. The van der Waals surface area contributed by atoms with Crippen LogP contribution in [0.15, 0.2) is 35.5 Å². The van der Waals surface area contributed by atoms with Gasteiger partial charge < -0.3 is 19.9 Å². The number of aromatic nitrogens is 3. The Hall–Kier alpha value is -2.94. The summed E-state index contributed by atoms with van der Waals surface area (Å²) in [5.74, 6) is -2.91. The van der Waals surface area contributed by atoms with Gasteiger partial charge in [-0.3, -0.25) is 4.79 Å². The molecule has 0 saturated heterocycles. The molecule has 0 spiro atoms. The fraction of sp³-hybridized carbons (Fsp3) is 0.350. The first kappa shape index (κ1) is 19.0. The van der Waals surface area contributed by atoms with Crippen LogP contribution in [0, 0.1) is 5.92 Å². The lowest BCUT2D eigenvalue weighted by Gasteiger charge is -2.25. The summed E-state index contributed by atoms with van der Waals surface area (Å²) >= 11 is 6.12. The van der Waals surface area contributed by atoms with E-state index in [2.05, 4.69) is 20.6 Å². The highest BCUT2D eigenvalue weighted by atomic mass is 35.5. The van der Waals surface area contributed by atoms with E-state index in [1.54, 1.807) is 25.2 Å². The van der Waals surface area contributed by atoms with E-state index in [9.17, 15) is 13.6 Å². The van der Waals surface area contributed by atoms with E-state index in [4.69, 9.17) is 16.3 Å². The molecule has 5 rings (SSSR count). The number of benzene rings is 1. The predicted molar refractivity (Wildman–Crippen MR) is 110 cm³/mol. The average Bonchev–Trinajstić information content (AvgIpc) is 3.55. The molecule has 0 radical (unpaired) electrons. The molecular formula is C20H18ClF2N5O2. The van der Waals surface area contributed by atoms with Gasteiger partial charge in [-0.2, -0.15) is 0 Å². The Morgan fingerprint density at radius 1 is 1.37 bits per heavy atom. The first-order chi connectivity index (χ1) is 14.3. The summed E-state index contributed by atoms with van der Waals surface area (Å²) in [5.41, 5.74) is 1.05. The van der Waals surface area contributed by atoms with Gasteiger partial charge in [0.1, 0.15) is 11.3 Å². The van der Waals surface area contributed by atoms with E-state index >= 15 is 0 Å². The van der Waals surface area contributed by atoms with E-state index < -0.39 is 24.1 Å². The molecule has 0 bridgehead atoms. The van der Waals surface area contributed by atoms with Crippen LogP contribution in [0.25, 0.3) is 10.9 Å². The largest absolute Gasteiger partial charge is 0.480 e. The Morgan fingerprint density at radius 3 is 2.90 bits per heavy atom. The number of hydrogen-bond donors (Lipinski definition) is 2. The van der Waals surface area contributed by atoms with Gasteiger partial charge in [-0.25, -0.2) is 18.7 Å². The minimum Gasteiger partial charge on any atom is -0.480 e. The van der Waals surface area contributed by atoms with Gasteiger partial charge in [0.05, 0.1) is 23.4 Å². The summed E-state index contributed by atoms with van der Waals surface area (Å²) in [6, 6.07) is 4.18. The number of alkyl halides is 2. The standard InChI is InChI=1S/C20H18ClF2N5O2/c1-28-14-5-4-11(26-18-13(21)7-24-9-25-18)6-12(14)15-16(19(28)29)30-8-20(22,23)17(27-15)10-2-3-10/h4-7,9-10,17,27H,2-3,8H2,1H3,(H,24,25,26)/t17-/m0/s1. The third kappa shape index (κ3) is 3.13. The van der Waals surface area contributed by atoms with Crippen LogP contribution in [-0.2, 0) is 7.05 Å². The molecular weight excluding hydrogens is 416 g/mol. The molecule has 0 unspecified atom stereocenters. The molecule has 30 heavy (non-hydrogen) atoms. The van der Waals surface area contributed by atoms with Gasteiger partial charge in [-0.1, -0.05) is 11.6 Å². The molecule has 1 aliphatic carbocycles. The summed E-state index contributed by atoms with van der Waals surface area (Å²) in [6.45, 7) is -0.830. The lowest BCUT2D eigenvalue weighted by Crippen LogP contribution is -2.44. The average molecular weight is 434 g/mol. The highest BCUT2D eigenvalue weighted by Gasteiger charge is 2.51. The second kappa shape index (κ2) is 6.80. The third-order valence-corrected chi connectivity index (χ3v) is 5.82. The van der Waals surface area contributed by atoms with Gasteiger partial charge in [0.15, 0.2) is 12.4 Å². The summed E-state index contributed by atoms with van der Waals surface area (Å²) in [6.07, 6.45) is 4.28. The molecule has 0 amide bonds. The lowest BCUT2D eigenvalue weighted by molar-refractivity contribution is -0.0579. The molecule has 1 fully saturated rings. The number of anilines is 3. The number of pyridine rings is 1. The summed E-state index contributed by atoms with van der Waals surface area (Å²) in [4.78, 5) is 20.8. The van der Waals surface area contributed by atoms with Crippen molar-refractivity contribution in [3.05, 3.63) is 46.1 Å². The van der Waals surface area contributed by atoms with Crippen molar-refractivity contribution in [2.75, 3.05) is 17.2 Å². The Balaban J connectivity index is 1.66. The van der Waals surface area contributed by atoms with Gasteiger partial charge in [-0.15, -0.1) is 0 Å². The van der Waals surface area contributed by atoms with Crippen molar-refractivity contribution in [2.24, 2.45) is 13.0 Å². The number of hydrogen-bond acceptors (Lipinski definition) is 6. The van der Waals surface area contributed by atoms with Gasteiger partial charge in [0.25, 0.3) is 5.56 Å². The van der Waals surface area contributed by atoms with Crippen LogP contribution in [0.1, 0.15) is 12.8 Å². The number of ether oxygens (including phenoxy) is 1. The van der Waals surface area contributed by atoms with Crippen LogP contribution in [0.4, 0.5) is 26.0 Å². The van der Waals surface area contributed by atoms with Gasteiger partial charge >= 0.3 is 5.92 Å². The molecule has 1 saturated carbocycles. The topological polar surface area (TPSA) is 81.1 Å². The second-order valence-corrected chi connectivity index (χ2v) is 8.06. The molecule has 2 aliphatic rings. The summed E-state index contributed by atoms with van der Waals surface area (Å²) in [5, 5.41) is 6.98. The summed E-state index contributed by atoms with van der Waals surface area (Å²) < 4.78 is 36.1. The van der Waals surface area contributed by atoms with E-state index in [1.165, 1.54) is 17.1 Å². The number of fused-ring (bicyclic) bond motifs is 3. The predicted octanol–water partition coefficient (Wildman–Crippen LogP) is 3.94. The highest BCUT2D eigenvalue weighted by Crippen LogP contribution is 2.45. The molecule has 2 N–H and O–H groups in total. The number of aryl methyl sites for hydroxylation is 1. The number of halogens is 3. The lowest BCUT2D eigenvalue weighted by atomic mass is 10.0. The number of nitrogens with zero attached hydrogens (tertiary/aromatic N) is 3. The summed E-state index contributed by atoms with van der Waals surface area (Å²) in [7, 11) is 1.59. The van der Waals surface area contributed by atoms with Crippen molar-refractivity contribution < 1.29 is 13.5 Å². The van der Waals surface area contributed by atoms with Crippen molar-refractivity contribution in [1.82, 2.24) is 14.5 Å². The maximum atomic E-state index is 14.7. The van der Waals surface area contributed by atoms with Crippen molar-refractivity contribution in [3.8, 4) is 5.75 Å². The smallest absolute Gasteiger partial charge is 0.301 e. The second-order valence-electron chi connectivity index (χ2n) is 7.65. The third-order valence-electron chi connectivity index (χ3n) is 5.54. The molecule has 7 nitrogen and oxygen atoms in total. The molecule has 1 aliphatic heterocycles. The molecule has 156 valence electrons. The monoisotopic (exact) mass is 433 g/mol. The van der Waals surface area contributed by atoms with Crippen molar-refractivity contribution in [3.63, 3.8) is 0 Å². The van der Waals surface area contributed by atoms with Crippen LogP contribution in [0.2, 0.25) is 5.02 Å². The Bertz CT molecular complexity index is 1210. The normalized spacial score (nSPS) is 20.1. The van der Waals surface area contributed by atoms with Gasteiger partial charge in [-0.05, 0) is 37.0 Å². The van der Waals surface area contributed by atoms with Crippen LogP contribution >= 0.6 is 11.6 Å². The Kier molecular flexibility index (Phi) is 4.32. The molecule has 1 aromatic carbocycles. The minimum atomic E-state index is -3.08. The van der Waals surface area contributed by atoms with Crippen molar-refractivity contribution in [2.45, 2.75) is 24.8 Å². The van der Waals surface area contributed by atoms with E-state index in [-0.39, 0.29) is 11.7 Å². The van der Waals surface area contributed by atoms with Crippen molar-refractivity contribution in [1.29, 1.82) is 0 Å². The van der Waals surface area contributed by atoms with Crippen LogP contribution in [0.5, 0.6) is 5.75 Å². The van der Waals surface area contributed by atoms with Crippen molar-refractivity contribution >= 4 is 39.7 Å². The zero-order valence-corrected chi connectivity index (χ0v) is 16.7. The highest BCUT2D eigenvalue weighted by molar-refractivity contribution is 6.32. The zero-order valence-electron chi connectivity index (χ0n) is 16.0. The number of rotatable bonds is 3. The molecule has 2 aromatic heterocycles. The molecule has 3 heterocycles. The maximum absolute atomic E-state index is 14.7. The Labute approximate surface area is 175 Å². The van der Waals surface area contributed by atoms with Gasteiger partial charge in [0.2, 0.25) is 5.75 Å². The molecule has 3 aromatic rings. The van der Waals surface area contributed by atoms with Crippen LogP contribution in [0.3, 0.4) is 0 Å². The Morgan fingerprint density at radius 2 is 2.17 bits per heavy atom. The van der Waals surface area contributed by atoms with Gasteiger partial charge in [0, 0.05) is 18.1 Å². The molecule has 1 atom stereocenters. The van der Waals surface area contributed by atoms with Crippen LogP contribution in [-0.4, -0.2) is 33.1 Å². The maximum Gasteiger partial charge on any atom is 0.301 e. The fourth-order valence-corrected chi connectivity index (χ4v) is 3.98. The first-order valence-electron chi connectivity index (χ1n) is 9.51. The zero-order chi connectivity index (χ0) is 21.0. The van der Waals surface area contributed by atoms with E-state index in [0.29, 0.717) is 33.1 Å². The fourth-order valence-electron chi connectivity index (χ4n) is 3.83. The molecule has 10 heteroatoms. The minimum absolute atomic E-state index is 0.0926. The number of nitrogens with one attached hydrogen (secondary N) is 2.